The van der Waals surface area contributed by atoms with E-state index in [2.05, 4.69) is 48.5 Å². The topological polar surface area (TPSA) is 58.6 Å². The molecule has 1 N–H and O–H groups in total. The first-order chi connectivity index (χ1) is 13.0. The molecule has 0 fully saturated rings. The van der Waals surface area contributed by atoms with E-state index in [0.717, 1.165) is 14.7 Å². The van der Waals surface area contributed by atoms with Crippen LogP contribution in [0.2, 0.25) is 5.02 Å². The molecule has 1 aromatic heterocycles. The Morgan fingerprint density at radius 1 is 1.15 bits per heavy atom. The fraction of sp³-hybridized carbons (Fsp3) is 0. The summed E-state index contributed by atoms with van der Waals surface area (Å²) in [5.41, 5.74) is 3.55. The van der Waals surface area contributed by atoms with Crippen LogP contribution >= 0.6 is 50.1 Å². The van der Waals surface area contributed by atoms with Crippen LogP contribution in [0.15, 0.2) is 68.5 Å². The number of aromatic nitrogens is 1. The molecule has 27 heavy (non-hydrogen) atoms. The third kappa shape index (κ3) is 4.02. The second-order valence-corrected chi connectivity index (χ2v) is 8.30. The van der Waals surface area contributed by atoms with Crippen molar-refractivity contribution in [2.45, 2.75) is 0 Å². The van der Waals surface area contributed by atoms with Crippen LogP contribution in [-0.2, 0) is 0 Å². The van der Waals surface area contributed by atoms with E-state index in [9.17, 15) is 5.11 Å². The van der Waals surface area contributed by atoms with Gasteiger partial charge in [-0.2, -0.15) is 0 Å². The van der Waals surface area contributed by atoms with Crippen molar-refractivity contribution in [1.82, 2.24) is 4.98 Å². The molecule has 0 bridgehead atoms. The molecular formula is C20H11BrClIN2O2. The molecular weight excluding hydrogens is 542 g/mol. The van der Waals surface area contributed by atoms with Crippen LogP contribution in [0.3, 0.4) is 0 Å². The highest BCUT2D eigenvalue weighted by Gasteiger charge is 2.09. The number of aromatic hydroxyl groups is 1. The maximum absolute atomic E-state index is 10.1. The van der Waals surface area contributed by atoms with Crippen molar-refractivity contribution >= 4 is 73.1 Å². The Morgan fingerprint density at radius 3 is 2.81 bits per heavy atom. The van der Waals surface area contributed by atoms with Crippen molar-refractivity contribution < 1.29 is 9.52 Å². The van der Waals surface area contributed by atoms with Gasteiger partial charge in [0.2, 0.25) is 5.89 Å². The van der Waals surface area contributed by atoms with E-state index in [1.54, 1.807) is 18.3 Å². The normalized spacial score (nSPS) is 11.5. The van der Waals surface area contributed by atoms with Crippen LogP contribution in [0.25, 0.3) is 22.6 Å². The summed E-state index contributed by atoms with van der Waals surface area (Å²) in [5.74, 6) is 0.660. The second-order valence-electron chi connectivity index (χ2n) is 5.77. The van der Waals surface area contributed by atoms with Crippen molar-refractivity contribution in [3.63, 3.8) is 0 Å². The van der Waals surface area contributed by atoms with Gasteiger partial charge in [0.25, 0.3) is 0 Å². The predicted octanol–water partition coefficient (Wildman–Crippen LogP) is 6.97. The third-order valence-corrected chi connectivity index (χ3v) is 5.35. The lowest BCUT2D eigenvalue weighted by Crippen LogP contribution is -1.84. The van der Waals surface area contributed by atoms with Gasteiger partial charge in [-0.1, -0.05) is 17.7 Å². The lowest BCUT2D eigenvalue weighted by Gasteiger charge is -2.02. The summed E-state index contributed by atoms with van der Waals surface area (Å²) in [7, 11) is 0. The number of phenolic OH excluding ortho intramolecular Hbond substituents is 1. The summed E-state index contributed by atoms with van der Waals surface area (Å²) in [5, 5.41) is 10.6. The van der Waals surface area contributed by atoms with E-state index in [1.807, 2.05) is 42.5 Å². The molecule has 4 aromatic rings. The first kappa shape index (κ1) is 18.5. The Labute approximate surface area is 182 Å². The van der Waals surface area contributed by atoms with Crippen LogP contribution in [0.1, 0.15) is 5.56 Å². The molecule has 0 saturated carbocycles. The van der Waals surface area contributed by atoms with Crippen molar-refractivity contribution in [2.75, 3.05) is 0 Å². The Bertz CT molecular complexity index is 1190. The molecule has 4 rings (SSSR count). The quantitative estimate of drug-likeness (QED) is 0.220. The van der Waals surface area contributed by atoms with E-state index < -0.39 is 0 Å². The van der Waals surface area contributed by atoms with Gasteiger partial charge >= 0.3 is 0 Å². The van der Waals surface area contributed by atoms with E-state index in [4.69, 9.17) is 16.0 Å². The number of fused-ring (bicyclic) bond motifs is 1. The fourth-order valence-electron chi connectivity index (χ4n) is 2.57. The summed E-state index contributed by atoms with van der Waals surface area (Å²) in [6.07, 6.45) is 1.56. The van der Waals surface area contributed by atoms with Gasteiger partial charge in [0.15, 0.2) is 5.58 Å². The Kier molecular flexibility index (Phi) is 5.21. The zero-order valence-corrected chi connectivity index (χ0v) is 18.2. The summed E-state index contributed by atoms with van der Waals surface area (Å²) in [6, 6.07) is 16.7. The summed E-state index contributed by atoms with van der Waals surface area (Å²) >= 11 is 11.6. The number of benzene rings is 3. The number of nitrogens with zero attached hydrogens (tertiary/aromatic N) is 2. The molecule has 0 radical (unpaired) electrons. The first-order valence-corrected chi connectivity index (χ1v) is 10.1. The minimum atomic E-state index is 0.0895. The van der Waals surface area contributed by atoms with E-state index in [-0.39, 0.29) is 5.75 Å². The van der Waals surface area contributed by atoms with Gasteiger partial charge in [-0.25, -0.2) is 4.98 Å². The number of phenols is 1. The maximum Gasteiger partial charge on any atom is 0.227 e. The standard InChI is InChI=1S/C20H11BrClIN2O2/c21-16-8-13(22)6-12(19(16)26)10-24-15-4-5-18-17(9-15)25-20(27-18)11-2-1-3-14(23)7-11/h1-10,26H. The monoisotopic (exact) mass is 552 g/mol. The fourth-order valence-corrected chi connectivity index (χ4v) is 3.95. The summed E-state index contributed by atoms with van der Waals surface area (Å²) in [6.45, 7) is 0. The van der Waals surface area contributed by atoms with Gasteiger partial charge in [-0.3, -0.25) is 4.99 Å². The SMILES string of the molecule is Oc1c(Br)cc(Cl)cc1C=Nc1ccc2oc(-c3cccc(I)c3)nc2c1. The van der Waals surface area contributed by atoms with E-state index in [1.165, 1.54) is 0 Å². The molecule has 0 unspecified atom stereocenters. The van der Waals surface area contributed by atoms with Crippen LogP contribution < -0.4 is 0 Å². The number of hydrogen-bond acceptors (Lipinski definition) is 4. The largest absolute Gasteiger partial charge is 0.506 e. The average Bonchev–Trinajstić information content (AvgIpc) is 3.07. The Balaban J connectivity index is 1.68. The third-order valence-electron chi connectivity index (χ3n) is 3.85. The van der Waals surface area contributed by atoms with Crippen molar-refractivity contribution in [3.05, 3.63) is 73.2 Å². The average molecular weight is 554 g/mol. The number of rotatable bonds is 3. The Morgan fingerprint density at radius 2 is 2.00 bits per heavy atom. The van der Waals surface area contributed by atoms with Gasteiger partial charge in [0.1, 0.15) is 11.3 Å². The van der Waals surface area contributed by atoms with Gasteiger partial charge in [0.05, 0.1) is 10.2 Å². The van der Waals surface area contributed by atoms with Crippen LogP contribution in [0, 0.1) is 3.57 Å². The molecule has 0 aliphatic rings. The molecule has 0 atom stereocenters. The number of hydrogen-bond donors (Lipinski definition) is 1. The number of oxazole rings is 1. The van der Waals surface area contributed by atoms with Gasteiger partial charge < -0.3 is 9.52 Å². The molecule has 0 spiro atoms. The molecule has 0 aliphatic heterocycles. The molecule has 3 aromatic carbocycles. The number of halogens is 3. The second kappa shape index (κ2) is 7.61. The molecule has 0 saturated heterocycles. The highest BCUT2D eigenvalue weighted by atomic mass is 127. The molecule has 4 nitrogen and oxygen atoms in total. The predicted molar refractivity (Wildman–Crippen MR) is 120 cm³/mol. The molecule has 7 heteroatoms. The zero-order valence-electron chi connectivity index (χ0n) is 13.7. The van der Waals surface area contributed by atoms with Crippen LogP contribution in [0.4, 0.5) is 5.69 Å². The minimum Gasteiger partial charge on any atom is -0.506 e. The van der Waals surface area contributed by atoms with Crippen molar-refractivity contribution in [2.24, 2.45) is 4.99 Å². The summed E-state index contributed by atoms with van der Waals surface area (Å²) < 4.78 is 7.48. The van der Waals surface area contributed by atoms with E-state index in [0.29, 0.717) is 32.2 Å². The molecule has 0 amide bonds. The van der Waals surface area contributed by atoms with Crippen LogP contribution in [-0.4, -0.2) is 16.3 Å². The van der Waals surface area contributed by atoms with Crippen LogP contribution in [0.5, 0.6) is 5.75 Å². The van der Waals surface area contributed by atoms with E-state index >= 15 is 0 Å². The van der Waals surface area contributed by atoms with Crippen molar-refractivity contribution in [1.29, 1.82) is 0 Å². The van der Waals surface area contributed by atoms with Crippen molar-refractivity contribution in [3.8, 4) is 17.2 Å². The smallest absolute Gasteiger partial charge is 0.227 e. The lowest BCUT2D eigenvalue weighted by molar-refractivity contribution is 0.471. The Hall–Kier alpha value is -1.90. The lowest BCUT2D eigenvalue weighted by atomic mass is 10.2. The van der Waals surface area contributed by atoms with Gasteiger partial charge in [-0.15, -0.1) is 0 Å². The molecule has 134 valence electrons. The zero-order chi connectivity index (χ0) is 19.0. The first-order valence-electron chi connectivity index (χ1n) is 7.88. The molecule has 1 heterocycles. The highest BCUT2D eigenvalue weighted by Crippen LogP contribution is 2.31. The number of aliphatic imine (C=N–C) groups is 1. The minimum absolute atomic E-state index is 0.0895. The van der Waals surface area contributed by atoms with Gasteiger partial charge in [0, 0.05) is 25.9 Å². The van der Waals surface area contributed by atoms with Gasteiger partial charge in [-0.05, 0) is 87.1 Å². The molecule has 0 aliphatic carbocycles. The highest BCUT2D eigenvalue weighted by molar-refractivity contribution is 14.1. The summed E-state index contributed by atoms with van der Waals surface area (Å²) in [4.78, 5) is 8.98. The maximum atomic E-state index is 10.1.